The maximum absolute atomic E-state index is 13.3. The third-order valence-corrected chi connectivity index (χ3v) is 5.56. The van der Waals surface area contributed by atoms with Crippen LogP contribution in [0.3, 0.4) is 0 Å². The van der Waals surface area contributed by atoms with Crippen molar-refractivity contribution in [2.24, 2.45) is 0 Å². The largest absolute Gasteiger partial charge is 0.326 e. The molecule has 0 spiro atoms. The summed E-state index contributed by atoms with van der Waals surface area (Å²) >= 11 is 0. The highest BCUT2D eigenvalue weighted by atomic mass is 32.2. The zero-order chi connectivity index (χ0) is 21.0. The number of anilines is 1. The van der Waals surface area contributed by atoms with Gasteiger partial charge in [-0.25, -0.2) is 13.1 Å². The number of hydrogen-bond acceptors (Lipinski definition) is 5. The van der Waals surface area contributed by atoms with Gasteiger partial charge in [0, 0.05) is 24.7 Å². The normalized spacial score (nSPS) is 11.3. The Bertz CT molecular complexity index is 1200. The van der Waals surface area contributed by atoms with Crippen molar-refractivity contribution in [3.05, 3.63) is 76.6 Å². The monoisotopic (exact) mass is 417 g/mol. The van der Waals surface area contributed by atoms with E-state index in [0.29, 0.717) is 0 Å². The van der Waals surface area contributed by atoms with Crippen molar-refractivity contribution in [1.82, 2.24) is 4.72 Å². The van der Waals surface area contributed by atoms with Gasteiger partial charge in [-0.05, 0) is 35.0 Å². The van der Waals surface area contributed by atoms with Crippen LogP contribution < -0.4 is 10.0 Å². The summed E-state index contributed by atoms with van der Waals surface area (Å²) < 4.78 is 40.5. The number of fused-ring (bicyclic) bond motifs is 1. The molecule has 0 unspecified atom stereocenters. The molecule has 1 amide bonds. The summed E-state index contributed by atoms with van der Waals surface area (Å²) in [5, 5.41) is 14.8. The van der Waals surface area contributed by atoms with E-state index in [1.165, 1.54) is 18.2 Å². The van der Waals surface area contributed by atoms with Crippen molar-refractivity contribution in [3.8, 4) is 0 Å². The van der Waals surface area contributed by atoms with Crippen molar-refractivity contribution in [1.29, 1.82) is 0 Å². The maximum Gasteiger partial charge on any atom is 0.306 e. The number of benzene rings is 3. The first-order chi connectivity index (χ1) is 13.8. The molecule has 2 N–H and O–H groups in total. The first kappa shape index (κ1) is 20.4. The minimum atomic E-state index is -3.81. The zero-order valence-corrected chi connectivity index (χ0v) is 15.8. The van der Waals surface area contributed by atoms with Crippen molar-refractivity contribution < 1.29 is 22.5 Å². The molecule has 0 aliphatic rings. The van der Waals surface area contributed by atoms with Gasteiger partial charge in [-0.1, -0.05) is 30.3 Å². The second kappa shape index (κ2) is 8.33. The molecule has 0 fully saturated rings. The van der Waals surface area contributed by atoms with Crippen LogP contribution in [0.4, 0.5) is 15.8 Å². The predicted molar refractivity (Wildman–Crippen MR) is 105 cm³/mol. The summed E-state index contributed by atoms with van der Waals surface area (Å²) in [5.41, 5.74) is -0.722. The molecule has 0 saturated heterocycles. The van der Waals surface area contributed by atoms with Crippen LogP contribution in [0, 0.1) is 15.9 Å². The number of nitro groups is 1. The second-order valence-corrected chi connectivity index (χ2v) is 7.90. The van der Waals surface area contributed by atoms with E-state index >= 15 is 0 Å². The number of rotatable bonds is 7. The van der Waals surface area contributed by atoms with E-state index in [0.717, 1.165) is 22.9 Å². The van der Waals surface area contributed by atoms with Gasteiger partial charge in [0.15, 0.2) is 0 Å². The third kappa shape index (κ3) is 4.92. The lowest BCUT2D eigenvalue weighted by Crippen LogP contribution is -2.27. The number of nitrogens with zero attached hydrogens (tertiary/aromatic N) is 1. The molecule has 0 aliphatic heterocycles. The van der Waals surface area contributed by atoms with Gasteiger partial charge in [-0.3, -0.25) is 14.9 Å². The van der Waals surface area contributed by atoms with Crippen LogP contribution >= 0.6 is 0 Å². The lowest BCUT2D eigenvalue weighted by atomic mass is 10.1. The Morgan fingerprint density at radius 1 is 1.03 bits per heavy atom. The Hall–Kier alpha value is -3.37. The van der Waals surface area contributed by atoms with Crippen LogP contribution in [0.2, 0.25) is 0 Å². The number of halogens is 1. The van der Waals surface area contributed by atoms with E-state index in [-0.39, 0.29) is 23.5 Å². The van der Waals surface area contributed by atoms with Crippen molar-refractivity contribution in [2.45, 2.75) is 11.3 Å². The summed E-state index contributed by atoms with van der Waals surface area (Å²) in [7, 11) is -3.81. The molecule has 0 aliphatic carbocycles. The lowest BCUT2D eigenvalue weighted by molar-refractivity contribution is -0.387. The highest BCUT2D eigenvalue weighted by molar-refractivity contribution is 7.89. The van der Waals surface area contributed by atoms with E-state index in [9.17, 15) is 27.7 Å². The van der Waals surface area contributed by atoms with Gasteiger partial charge in [0.2, 0.25) is 21.7 Å². The van der Waals surface area contributed by atoms with Gasteiger partial charge >= 0.3 is 5.69 Å². The first-order valence-corrected chi connectivity index (χ1v) is 9.97. The Morgan fingerprint density at radius 2 is 1.76 bits per heavy atom. The van der Waals surface area contributed by atoms with Crippen LogP contribution in [0.5, 0.6) is 0 Å². The topological polar surface area (TPSA) is 118 Å². The average Bonchev–Trinajstić information content (AvgIpc) is 2.68. The van der Waals surface area contributed by atoms with Gasteiger partial charge in [0.05, 0.1) is 9.82 Å². The summed E-state index contributed by atoms with van der Waals surface area (Å²) in [6.45, 7) is -0.176. The Kier molecular flexibility index (Phi) is 5.85. The van der Waals surface area contributed by atoms with E-state index in [1.54, 1.807) is 18.2 Å². The Balaban J connectivity index is 1.60. The number of carbonyl (C=O) groups excluding carboxylic acids is 1. The molecule has 0 heterocycles. The molecule has 3 aromatic carbocycles. The molecule has 0 saturated carbocycles. The second-order valence-electron chi connectivity index (χ2n) is 6.13. The van der Waals surface area contributed by atoms with Gasteiger partial charge in [0.1, 0.15) is 0 Å². The molecule has 3 aromatic rings. The molecular formula is C19H16FN3O5S. The predicted octanol–water partition coefficient (Wildman–Crippen LogP) is 3.19. The average molecular weight is 417 g/mol. The van der Waals surface area contributed by atoms with Crippen molar-refractivity contribution >= 4 is 38.1 Å². The fourth-order valence-electron chi connectivity index (χ4n) is 2.67. The summed E-state index contributed by atoms with van der Waals surface area (Å²) in [5.74, 6) is -1.59. The molecule has 0 bridgehead atoms. The van der Waals surface area contributed by atoms with Gasteiger partial charge in [0.25, 0.3) is 0 Å². The van der Waals surface area contributed by atoms with Gasteiger partial charge in [-0.15, -0.1) is 0 Å². The number of nitro benzene ring substituents is 1. The number of carbonyl (C=O) groups is 1. The molecule has 0 aromatic heterocycles. The highest BCUT2D eigenvalue weighted by Crippen LogP contribution is 2.22. The van der Waals surface area contributed by atoms with Crippen LogP contribution in [0.15, 0.2) is 65.6 Å². The number of sulfonamides is 1. The molecule has 3 rings (SSSR count). The van der Waals surface area contributed by atoms with E-state index in [4.69, 9.17) is 0 Å². The van der Waals surface area contributed by atoms with Crippen LogP contribution in [-0.4, -0.2) is 25.8 Å². The zero-order valence-electron chi connectivity index (χ0n) is 15.0. The SMILES string of the molecule is O=C(CCNS(=O)(=O)c1ccc2ccccc2c1)Nc1ccc(F)c([N+](=O)[O-])c1. The first-order valence-electron chi connectivity index (χ1n) is 8.48. The Morgan fingerprint density at radius 3 is 2.48 bits per heavy atom. The standard InChI is InChI=1S/C19H16FN3O5S/c20-17-8-6-15(12-18(17)23(25)26)22-19(24)9-10-21-29(27,28)16-7-5-13-3-1-2-4-14(13)11-16/h1-8,11-12,21H,9-10H2,(H,22,24). The van der Waals surface area contributed by atoms with E-state index in [1.807, 2.05) is 12.1 Å². The molecule has 0 atom stereocenters. The van der Waals surface area contributed by atoms with E-state index in [2.05, 4.69) is 10.0 Å². The molecule has 10 heteroatoms. The third-order valence-electron chi connectivity index (χ3n) is 4.10. The van der Waals surface area contributed by atoms with Crippen LogP contribution in [0.1, 0.15) is 6.42 Å². The van der Waals surface area contributed by atoms with Crippen molar-refractivity contribution in [2.75, 3.05) is 11.9 Å². The van der Waals surface area contributed by atoms with Crippen molar-refractivity contribution in [3.63, 3.8) is 0 Å². The van der Waals surface area contributed by atoms with Gasteiger partial charge in [-0.2, -0.15) is 4.39 Å². The fourth-order valence-corrected chi connectivity index (χ4v) is 3.74. The smallest absolute Gasteiger partial charge is 0.306 e. The maximum atomic E-state index is 13.3. The quantitative estimate of drug-likeness (QED) is 0.452. The number of amides is 1. The van der Waals surface area contributed by atoms with Crippen LogP contribution in [-0.2, 0) is 14.8 Å². The summed E-state index contributed by atoms with van der Waals surface area (Å²) in [6.07, 6.45) is -0.210. The Labute approximate surface area is 165 Å². The van der Waals surface area contributed by atoms with Gasteiger partial charge < -0.3 is 5.32 Å². The molecule has 150 valence electrons. The van der Waals surface area contributed by atoms with Crippen LogP contribution in [0.25, 0.3) is 10.8 Å². The highest BCUT2D eigenvalue weighted by Gasteiger charge is 2.17. The summed E-state index contributed by atoms with van der Waals surface area (Å²) in [4.78, 5) is 21.9. The lowest BCUT2D eigenvalue weighted by Gasteiger charge is -2.09. The number of nitrogens with one attached hydrogen (secondary N) is 2. The molecular weight excluding hydrogens is 401 g/mol. The molecule has 29 heavy (non-hydrogen) atoms. The minimum Gasteiger partial charge on any atom is -0.326 e. The fraction of sp³-hybridized carbons (Fsp3) is 0.105. The minimum absolute atomic E-state index is 0.0421. The van der Waals surface area contributed by atoms with E-state index < -0.39 is 32.4 Å². The molecule has 8 nitrogen and oxygen atoms in total. The summed E-state index contributed by atoms with van der Waals surface area (Å²) in [6, 6.07) is 15.0. The molecule has 0 radical (unpaired) electrons. The number of hydrogen-bond donors (Lipinski definition) is 2.